The van der Waals surface area contributed by atoms with Gasteiger partial charge in [0.2, 0.25) is 5.91 Å². The van der Waals surface area contributed by atoms with Crippen molar-refractivity contribution in [2.75, 3.05) is 18.8 Å². The third kappa shape index (κ3) is 3.72. The number of carbonyl (C=O) groups is 1. The maximum Gasteiger partial charge on any atom is 0.232 e. The second kappa shape index (κ2) is 6.60. The first-order chi connectivity index (χ1) is 8.93. The van der Waals surface area contributed by atoms with E-state index in [4.69, 9.17) is 5.73 Å². The number of hydrogen-bond donors (Lipinski definition) is 1. The van der Waals surface area contributed by atoms with Crippen LogP contribution in [-0.2, 0) is 10.2 Å². The van der Waals surface area contributed by atoms with Crippen molar-refractivity contribution in [3.63, 3.8) is 0 Å². The molecule has 0 aliphatic heterocycles. The lowest BCUT2D eigenvalue weighted by atomic mass is 9.83. The van der Waals surface area contributed by atoms with Gasteiger partial charge in [-0.3, -0.25) is 4.79 Å². The van der Waals surface area contributed by atoms with Gasteiger partial charge < -0.3 is 10.6 Å². The molecule has 3 nitrogen and oxygen atoms in total. The SMILES string of the molecule is CCCN(CCC)C(=O)C(C)(C)c1ccc(N)cc1. The first-order valence-electron chi connectivity index (χ1n) is 7.08. The van der Waals surface area contributed by atoms with Gasteiger partial charge in [0.25, 0.3) is 0 Å². The normalized spacial score (nSPS) is 11.4. The molecule has 0 saturated heterocycles. The van der Waals surface area contributed by atoms with Crippen molar-refractivity contribution >= 4 is 11.6 Å². The van der Waals surface area contributed by atoms with Gasteiger partial charge in [-0.15, -0.1) is 0 Å². The van der Waals surface area contributed by atoms with Crippen molar-refractivity contribution in [1.82, 2.24) is 4.90 Å². The molecule has 1 aromatic rings. The highest BCUT2D eigenvalue weighted by atomic mass is 16.2. The minimum atomic E-state index is -0.502. The van der Waals surface area contributed by atoms with Gasteiger partial charge in [0, 0.05) is 18.8 Å². The third-order valence-corrected chi connectivity index (χ3v) is 3.44. The predicted molar refractivity (Wildman–Crippen MR) is 81.0 cm³/mol. The molecule has 0 heterocycles. The van der Waals surface area contributed by atoms with E-state index in [1.165, 1.54) is 0 Å². The van der Waals surface area contributed by atoms with E-state index in [9.17, 15) is 4.79 Å². The summed E-state index contributed by atoms with van der Waals surface area (Å²) in [5.74, 6) is 0.195. The van der Waals surface area contributed by atoms with E-state index in [-0.39, 0.29) is 5.91 Å². The average Bonchev–Trinajstić information content (AvgIpc) is 2.38. The Morgan fingerprint density at radius 3 is 2.00 bits per heavy atom. The van der Waals surface area contributed by atoms with Gasteiger partial charge >= 0.3 is 0 Å². The number of nitrogen functional groups attached to an aromatic ring is 1. The van der Waals surface area contributed by atoms with Crippen LogP contribution in [0.2, 0.25) is 0 Å². The first kappa shape index (κ1) is 15.5. The van der Waals surface area contributed by atoms with Gasteiger partial charge in [0.15, 0.2) is 0 Å². The molecule has 2 N–H and O–H groups in total. The molecule has 0 aliphatic rings. The fourth-order valence-electron chi connectivity index (χ4n) is 2.27. The summed E-state index contributed by atoms with van der Waals surface area (Å²) in [7, 11) is 0. The molecule has 0 aliphatic carbocycles. The smallest absolute Gasteiger partial charge is 0.232 e. The van der Waals surface area contributed by atoms with E-state index in [0.717, 1.165) is 37.2 Å². The number of anilines is 1. The monoisotopic (exact) mass is 262 g/mol. The van der Waals surface area contributed by atoms with E-state index < -0.39 is 5.41 Å². The number of carbonyl (C=O) groups excluding carboxylic acids is 1. The molecule has 0 bridgehead atoms. The summed E-state index contributed by atoms with van der Waals surface area (Å²) in [5, 5.41) is 0. The van der Waals surface area contributed by atoms with Crippen LogP contribution >= 0.6 is 0 Å². The van der Waals surface area contributed by atoms with Crippen LogP contribution in [0.25, 0.3) is 0 Å². The molecule has 0 fully saturated rings. The van der Waals surface area contributed by atoms with E-state index in [2.05, 4.69) is 13.8 Å². The average molecular weight is 262 g/mol. The zero-order valence-electron chi connectivity index (χ0n) is 12.6. The Morgan fingerprint density at radius 1 is 1.11 bits per heavy atom. The maximum atomic E-state index is 12.7. The Kier molecular flexibility index (Phi) is 5.40. The van der Waals surface area contributed by atoms with Crippen LogP contribution in [0.3, 0.4) is 0 Å². The summed E-state index contributed by atoms with van der Waals surface area (Å²) in [6.45, 7) is 9.83. The molecule has 0 aromatic heterocycles. The van der Waals surface area contributed by atoms with Gasteiger partial charge in [-0.05, 0) is 44.4 Å². The minimum Gasteiger partial charge on any atom is -0.399 e. The lowest BCUT2D eigenvalue weighted by Crippen LogP contribution is -2.44. The van der Waals surface area contributed by atoms with Crippen molar-refractivity contribution < 1.29 is 4.79 Å². The predicted octanol–water partition coefficient (Wildman–Crippen LogP) is 3.20. The Balaban J connectivity index is 2.96. The Hall–Kier alpha value is -1.51. The third-order valence-electron chi connectivity index (χ3n) is 3.44. The molecule has 0 saturated carbocycles. The summed E-state index contributed by atoms with van der Waals surface area (Å²) < 4.78 is 0. The fraction of sp³-hybridized carbons (Fsp3) is 0.562. The lowest BCUT2D eigenvalue weighted by Gasteiger charge is -2.32. The molecule has 1 aromatic carbocycles. The molecule has 3 heteroatoms. The molecule has 1 rings (SSSR count). The van der Waals surface area contributed by atoms with Crippen LogP contribution in [0.4, 0.5) is 5.69 Å². The van der Waals surface area contributed by atoms with Crippen LogP contribution < -0.4 is 5.73 Å². The second-order valence-electron chi connectivity index (χ2n) is 5.54. The van der Waals surface area contributed by atoms with Crippen LogP contribution in [0, 0.1) is 0 Å². The molecule has 0 spiro atoms. The number of rotatable bonds is 6. The zero-order chi connectivity index (χ0) is 14.5. The summed E-state index contributed by atoms with van der Waals surface area (Å²) >= 11 is 0. The topological polar surface area (TPSA) is 46.3 Å². The quantitative estimate of drug-likeness (QED) is 0.800. The molecular formula is C16H26N2O. The highest BCUT2D eigenvalue weighted by Gasteiger charge is 2.33. The molecule has 0 unspecified atom stereocenters. The Morgan fingerprint density at radius 2 is 1.58 bits per heavy atom. The molecule has 19 heavy (non-hydrogen) atoms. The van der Waals surface area contributed by atoms with Crippen LogP contribution in [0.15, 0.2) is 24.3 Å². The van der Waals surface area contributed by atoms with E-state index in [0.29, 0.717) is 0 Å². The van der Waals surface area contributed by atoms with E-state index in [1.807, 2.05) is 43.0 Å². The number of nitrogens with zero attached hydrogens (tertiary/aromatic N) is 1. The van der Waals surface area contributed by atoms with Gasteiger partial charge in [0.05, 0.1) is 5.41 Å². The van der Waals surface area contributed by atoms with E-state index in [1.54, 1.807) is 0 Å². The molecule has 1 amide bonds. The standard InChI is InChI=1S/C16H26N2O/c1-5-11-18(12-6-2)15(19)16(3,4)13-7-9-14(17)10-8-13/h7-10H,5-6,11-12,17H2,1-4H3. The number of hydrogen-bond acceptors (Lipinski definition) is 2. The van der Waals surface area contributed by atoms with Crippen LogP contribution in [0.5, 0.6) is 0 Å². The molecule has 106 valence electrons. The maximum absolute atomic E-state index is 12.7. The number of benzene rings is 1. The zero-order valence-corrected chi connectivity index (χ0v) is 12.6. The van der Waals surface area contributed by atoms with Crippen LogP contribution in [-0.4, -0.2) is 23.9 Å². The molecule has 0 atom stereocenters. The van der Waals surface area contributed by atoms with Gasteiger partial charge in [-0.1, -0.05) is 26.0 Å². The summed E-state index contributed by atoms with van der Waals surface area (Å²) in [6.07, 6.45) is 1.98. The van der Waals surface area contributed by atoms with Gasteiger partial charge in [-0.2, -0.15) is 0 Å². The van der Waals surface area contributed by atoms with Crippen molar-refractivity contribution in [1.29, 1.82) is 0 Å². The molecule has 0 radical (unpaired) electrons. The van der Waals surface area contributed by atoms with Crippen molar-refractivity contribution in [3.8, 4) is 0 Å². The van der Waals surface area contributed by atoms with Crippen LogP contribution in [0.1, 0.15) is 46.1 Å². The fourth-order valence-corrected chi connectivity index (χ4v) is 2.27. The van der Waals surface area contributed by atoms with E-state index >= 15 is 0 Å². The highest BCUT2D eigenvalue weighted by molar-refractivity contribution is 5.87. The Bertz CT molecular complexity index is 403. The Labute approximate surface area is 116 Å². The highest BCUT2D eigenvalue weighted by Crippen LogP contribution is 2.26. The summed E-state index contributed by atoms with van der Waals surface area (Å²) in [4.78, 5) is 14.7. The minimum absolute atomic E-state index is 0.195. The largest absolute Gasteiger partial charge is 0.399 e. The van der Waals surface area contributed by atoms with Crippen molar-refractivity contribution in [3.05, 3.63) is 29.8 Å². The number of nitrogens with two attached hydrogens (primary N) is 1. The lowest BCUT2D eigenvalue weighted by molar-refractivity contribution is -0.136. The molecular weight excluding hydrogens is 236 g/mol. The van der Waals surface area contributed by atoms with Crippen molar-refractivity contribution in [2.45, 2.75) is 46.0 Å². The van der Waals surface area contributed by atoms with Crippen molar-refractivity contribution in [2.24, 2.45) is 0 Å². The summed E-state index contributed by atoms with van der Waals surface area (Å²) in [5.41, 5.74) is 6.95. The summed E-state index contributed by atoms with van der Waals surface area (Å²) in [6, 6.07) is 7.61. The van der Waals surface area contributed by atoms with Gasteiger partial charge in [0.1, 0.15) is 0 Å². The first-order valence-corrected chi connectivity index (χ1v) is 7.08. The number of amides is 1. The van der Waals surface area contributed by atoms with Gasteiger partial charge in [-0.25, -0.2) is 0 Å². The second-order valence-corrected chi connectivity index (χ2v) is 5.54.